The molecule has 25 heteroatoms. The van der Waals surface area contributed by atoms with E-state index < -0.39 is 102 Å². The Hall–Kier alpha value is -6.28. The molecule has 0 radical (unpaired) electrons. The molecule has 6 atom stereocenters. The van der Waals surface area contributed by atoms with Crippen molar-refractivity contribution < 1.29 is 53.0 Å². The average molecular weight is 949 g/mol. The number of aliphatic imine (C=N–C) groups is 1. The van der Waals surface area contributed by atoms with Crippen LogP contribution in [0.25, 0.3) is 0 Å². The molecule has 1 heterocycles. The van der Waals surface area contributed by atoms with E-state index in [2.05, 4.69) is 36.9 Å². The van der Waals surface area contributed by atoms with Gasteiger partial charge in [0.05, 0.1) is 19.1 Å². The second-order valence-corrected chi connectivity index (χ2v) is 15.9. The molecule has 7 amide bonds. The number of unbranched alkanes of at least 4 members (excludes halogenated alkanes) is 1. The van der Waals surface area contributed by atoms with E-state index in [1.54, 1.807) is 0 Å². The number of aliphatic hydroxyl groups excluding tert-OH is 1. The van der Waals surface area contributed by atoms with Gasteiger partial charge in [0.2, 0.25) is 41.4 Å². The Morgan fingerprint density at radius 3 is 2.07 bits per heavy atom. The zero-order valence-electron chi connectivity index (χ0n) is 37.7. The number of carbonyl (C=O) groups excluding carboxylic acids is 7. The molecule has 1 aromatic carbocycles. The van der Waals surface area contributed by atoms with Crippen LogP contribution in [0, 0.1) is 5.82 Å². The number of carboxylic acid groups (broad SMARTS) is 1. The van der Waals surface area contributed by atoms with Gasteiger partial charge in [0.25, 0.3) is 0 Å². The summed E-state index contributed by atoms with van der Waals surface area (Å²) in [6.07, 6.45) is 1.69. The van der Waals surface area contributed by atoms with E-state index in [9.17, 15) is 53.0 Å². The van der Waals surface area contributed by atoms with Crippen molar-refractivity contribution in [2.45, 2.75) is 113 Å². The Kier molecular flexibility index (Phi) is 26.2. The summed E-state index contributed by atoms with van der Waals surface area (Å²) in [5.74, 6) is -7.57. The van der Waals surface area contributed by atoms with Crippen molar-refractivity contribution in [3.63, 3.8) is 0 Å². The minimum Gasteiger partial charge on any atom is -0.477 e. The maximum Gasteiger partial charge on any atom is 0.352 e. The first-order valence-corrected chi connectivity index (χ1v) is 22.2. The van der Waals surface area contributed by atoms with Gasteiger partial charge in [0.15, 0.2) is 5.96 Å². The number of nitrogens with zero attached hydrogens (tertiary/aromatic N) is 2. The van der Waals surface area contributed by atoms with Gasteiger partial charge >= 0.3 is 5.97 Å². The summed E-state index contributed by atoms with van der Waals surface area (Å²) < 4.78 is 14.4. The highest BCUT2D eigenvalue weighted by Gasteiger charge is 2.39. The Morgan fingerprint density at radius 1 is 0.806 bits per heavy atom. The van der Waals surface area contributed by atoms with E-state index in [1.807, 2.05) is 0 Å². The number of hydrogen-bond donors (Lipinski definition) is 14. The molecule has 0 unspecified atom stereocenters. The van der Waals surface area contributed by atoms with E-state index in [-0.39, 0.29) is 96.6 Å². The number of halogens is 1. The fourth-order valence-corrected chi connectivity index (χ4v) is 6.98. The number of guanidine groups is 1. The van der Waals surface area contributed by atoms with Gasteiger partial charge in [-0.3, -0.25) is 38.6 Å². The Bertz CT molecular complexity index is 1880. The smallest absolute Gasteiger partial charge is 0.352 e. The number of nitrogens with two attached hydrogens (primary N) is 6. The van der Waals surface area contributed by atoms with Crippen LogP contribution in [0.5, 0.6) is 0 Å². The third kappa shape index (κ3) is 21.3. The first kappa shape index (κ1) is 56.8. The number of aliphatic carboxylic acids is 1. The summed E-state index contributed by atoms with van der Waals surface area (Å²) in [5, 5.41) is 34.6. The maximum absolute atomic E-state index is 14.4. The summed E-state index contributed by atoms with van der Waals surface area (Å²) in [6.45, 7) is -0.0143. The summed E-state index contributed by atoms with van der Waals surface area (Å²) in [4.78, 5) is 112. The van der Waals surface area contributed by atoms with E-state index in [0.29, 0.717) is 31.2 Å². The molecule has 0 bridgehead atoms. The molecule has 0 spiro atoms. The normalized spacial score (nSPS) is 15.8. The lowest BCUT2D eigenvalue weighted by molar-refractivity contribution is -0.142. The van der Waals surface area contributed by atoms with Crippen molar-refractivity contribution >= 4 is 53.3 Å². The number of benzene rings is 1. The lowest BCUT2D eigenvalue weighted by Gasteiger charge is -2.30. The van der Waals surface area contributed by atoms with Crippen molar-refractivity contribution in [3.05, 3.63) is 47.4 Å². The minimum absolute atomic E-state index is 0.0203. The van der Waals surface area contributed by atoms with Gasteiger partial charge in [0, 0.05) is 26.1 Å². The Labute approximate surface area is 388 Å². The first-order chi connectivity index (χ1) is 31.9. The first-order valence-electron chi connectivity index (χ1n) is 22.2. The predicted octanol–water partition coefficient (Wildman–Crippen LogP) is -4.52. The highest BCUT2D eigenvalue weighted by Crippen LogP contribution is 2.21. The van der Waals surface area contributed by atoms with Gasteiger partial charge in [-0.1, -0.05) is 18.2 Å². The molecule has 1 aromatic rings. The number of likely N-dealkylation sites (tertiary alicyclic amines) is 1. The quantitative estimate of drug-likeness (QED) is 0.0144. The van der Waals surface area contributed by atoms with Gasteiger partial charge in [-0.05, 0) is 102 Å². The predicted molar refractivity (Wildman–Crippen MR) is 244 cm³/mol. The molecule has 67 heavy (non-hydrogen) atoms. The number of nitrogens with one attached hydrogen (secondary N) is 6. The Balaban J connectivity index is 2.31. The molecular weight excluding hydrogens is 880 g/mol. The van der Waals surface area contributed by atoms with E-state index >= 15 is 0 Å². The van der Waals surface area contributed by atoms with E-state index in [0.717, 1.165) is 6.07 Å². The molecular formula is C42H69FN14O10. The highest BCUT2D eigenvalue weighted by atomic mass is 19.1. The number of aliphatic hydroxyl groups is 1. The van der Waals surface area contributed by atoms with Crippen LogP contribution < -0.4 is 66.3 Å². The van der Waals surface area contributed by atoms with Crippen molar-refractivity contribution in [2.24, 2.45) is 39.4 Å². The molecule has 2 rings (SSSR count). The average Bonchev–Trinajstić information content (AvgIpc) is 3.78. The molecule has 0 aliphatic carbocycles. The molecule has 24 nitrogen and oxygen atoms in total. The van der Waals surface area contributed by atoms with Crippen LogP contribution >= 0.6 is 0 Å². The number of carbonyl (C=O) groups is 8. The van der Waals surface area contributed by atoms with Gasteiger partial charge in [0.1, 0.15) is 41.7 Å². The fraction of sp³-hybridized carbons (Fsp3) is 0.595. The zero-order chi connectivity index (χ0) is 49.9. The topological polar surface area (TPSA) is 421 Å². The van der Waals surface area contributed by atoms with Crippen molar-refractivity contribution in [2.75, 3.05) is 45.8 Å². The fourth-order valence-electron chi connectivity index (χ4n) is 6.98. The van der Waals surface area contributed by atoms with Crippen LogP contribution in [0.2, 0.25) is 0 Å². The van der Waals surface area contributed by atoms with Gasteiger partial charge in [-0.15, -0.1) is 0 Å². The summed E-state index contributed by atoms with van der Waals surface area (Å²) in [5.41, 5.74) is 32.8. The summed E-state index contributed by atoms with van der Waals surface area (Å²) in [6, 6.07) is -0.891. The lowest BCUT2D eigenvalue weighted by Crippen LogP contribution is -2.58. The number of amides is 7. The summed E-state index contributed by atoms with van der Waals surface area (Å²) >= 11 is 0. The van der Waals surface area contributed by atoms with Crippen LogP contribution in [-0.4, -0.2) is 151 Å². The van der Waals surface area contributed by atoms with Crippen molar-refractivity contribution in [1.29, 1.82) is 0 Å². The third-order valence-electron chi connectivity index (χ3n) is 10.4. The zero-order valence-corrected chi connectivity index (χ0v) is 37.7. The molecule has 20 N–H and O–H groups in total. The number of hydrogen-bond acceptors (Lipinski definition) is 14. The second-order valence-electron chi connectivity index (χ2n) is 15.9. The number of rotatable bonds is 31. The number of carboxylic acids is 1. The molecule has 1 aliphatic heterocycles. The standard InChI is InChI=1S/C42H69FN14O10/c43-26-9-3-8-25(20-26)21-32(38(63)54-29(10-1-2-15-44)37(62)55-31(41(66)67)13-6-18-50-42(48)49)56-39(64)33-14-7-19-57(33)40(65)30(12-5-17-46)53-35(60)24-51-36(61)28(11-4-16-45)52-34(59)22-27(58)23-47/h3,8-9,13,20,27-30,32-33,58H,1-2,4-7,10-12,14-19,21-24,44-47H2,(H,51,61)(H,52,59)(H,53,60)(H,54,63)(H,55,62)(H,56,64)(H,66,67)(H4,48,49,50)/b31-13-/t27-,28+,29+,30-,32+,33+/m1/s1. The van der Waals surface area contributed by atoms with Crippen LogP contribution in [0.15, 0.2) is 41.0 Å². The molecule has 0 aromatic heterocycles. The molecule has 0 saturated carbocycles. The lowest BCUT2D eigenvalue weighted by atomic mass is 10.0. The monoisotopic (exact) mass is 949 g/mol. The Morgan fingerprint density at radius 2 is 1.45 bits per heavy atom. The molecule has 1 saturated heterocycles. The van der Waals surface area contributed by atoms with Crippen molar-refractivity contribution in [3.8, 4) is 0 Å². The largest absolute Gasteiger partial charge is 0.477 e. The van der Waals surface area contributed by atoms with Gasteiger partial charge in [-0.25, -0.2) is 9.18 Å². The minimum atomic E-state index is -1.47. The van der Waals surface area contributed by atoms with Crippen LogP contribution in [-0.2, 0) is 44.8 Å². The second kappa shape index (κ2) is 30.8. The van der Waals surface area contributed by atoms with Crippen LogP contribution in [0.1, 0.15) is 76.2 Å². The van der Waals surface area contributed by atoms with Crippen molar-refractivity contribution in [1.82, 2.24) is 36.8 Å². The maximum atomic E-state index is 14.4. The highest BCUT2D eigenvalue weighted by molar-refractivity contribution is 5.98. The van der Waals surface area contributed by atoms with Crippen LogP contribution in [0.3, 0.4) is 0 Å². The van der Waals surface area contributed by atoms with E-state index in [4.69, 9.17) is 34.4 Å². The van der Waals surface area contributed by atoms with E-state index in [1.165, 1.54) is 29.2 Å². The molecule has 1 fully saturated rings. The summed E-state index contributed by atoms with van der Waals surface area (Å²) in [7, 11) is 0. The molecule has 1 aliphatic rings. The van der Waals surface area contributed by atoms with Gasteiger partial charge < -0.3 is 81.4 Å². The third-order valence-corrected chi connectivity index (χ3v) is 10.4. The van der Waals surface area contributed by atoms with Crippen LogP contribution in [0.4, 0.5) is 4.39 Å². The SMILES string of the molecule is NCCCC[C@H](NC(=O)[C@H](Cc1cccc(F)c1)NC(=O)[C@@H]1CCCN1C(=O)[C@@H](CCCN)NC(=O)CNC(=O)[C@H](CCCN)NC(=O)C[C@@H](O)CN)C(=O)N/C(=C\CCN=C(N)N)C(=O)O. The van der Waals surface area contributed by atoms with Gasteiger partial charge in [-0.2, -0.15) is 0 Å². The molecule has 374 valence electrons.